The first kappa shape index (κ1) is 23.1. The number of hydrogen-bond acceptors (Lipinski definition) is 3. The minimum atomic E-state index is -0.189. The Bertz CT molecular complexity index is 1180. The van der Waals surface area contributed by atoms with Crippen molar-refractivity contribution >= 4 is 46.9 Å². The molecular formula is C27H25ClN2O2S. The van der Waals surface area contributed by atoms with Crippen molar-refractivity contribution in [1.82, 2.24) is 5.32 Å². The molecule has 0 aromatic heterocycles. The molecule has 0 fully saturated rings. The van der Waals surface area contributed by atoms with Gasteiger partial charge in [0.05, 0.1) is 10.6 Å². The first-order chi connectivity index (χ1) is 16.0. The summed E-state index contributed by atoms with van der Waals surface area (Å²) in [4.78, 5) is 29.2. The molecule has 3 aromatic carbocycles. The van der Waals surface area contributed by atoms with E-state index in [9.17, 15) is 9.59 Å². The second-order valence-electron chi connectivity index (χ2n) is 8.02. The lowest BCUT2D eigenvalue weighted by Gasteiger charge is -2.30. The molecule has 0 radical (unpaired) electrons. The number of aryl methyl sites for hydroxylation is 1. The zero-order chi connectivity index (χ0) is 23.2. The van der Waals surface area contributed by atoms with E-state index in [2.05, 4.69) is 17.4 Å². The quantitative estimate of drug-likeness (QED) is 0.428. The van der Waals surface area contributed by atoms with Crippen molar-refractivity contribution in [3.8, 4) is 0 Å². The third-order valence-electron chi connectivity index (χ3n) is 5.40. The number of amides is 2. The van der Waals surface area contributed by atoms with Gasteiger partial charge in [-0.25, -0.2) is 0 Å². The Morgan fingerprint density at radius 1 is 1.06 bits per heavy atom. The molecule has 33 heavy (non-hydrogen) atoms. The normalized spacial score (nSPS) is 15.3. The molecule has 4 nitrogen and oxygen atoms in total. The molecular weight excluding hydrogens is 452 g/mol. The van der Waals surface area contributed by atoms with Gasteiger partial charge in [-0.3, -0.25) is 14.5 Å². The molecule has 0 saturated carbocycles. The van der Waals surface area contributed by atoms with Gasteiger partial charge in [0.1, 0.15) is 6.54 Å². The lowest BCUT2D eigenvalue weighted by atomic mass is 10.1. The van der Waals surface area contributed by atoms with Gasteiger partial charge in [-0.2, -0.15) is 0 Å². The summed E-state index contributed by atoms with van der Waals surface area (Å²) in [5, 5.41) is 3.65. The topological polar surface area (TPSA) is 49.4 Å². The van der Waals surface area contributed by atoms with E-state index >= 15 is 0 Å². The summed E-state index contributed by atoms with van der Waals surface area (Å²) < 4.78 is 0. The molecule has 1 heterocycles. The van der Waals surface area contributed by atoms with Crippen molar-refractivity contribution in [1.29, 1.82) is 0 Å². The molecule has 0 bridgehead atoms. The van der Waals surface area contributed by atoms with Crippen LogP contribution >= 0.6 is 23.4 Å². The van der Waals surface area contributed by atoms with Gasteiger partial charge >= 0.3 is 0 Å². The molecule has 1 aliphatic rings. The molecule has 1 N–H and O–H groups in total. The van der Waals surface area contributed by atoms with E-state index in [0.29, 0.717) is 9.93 Å². The standard InChI is InChI=1S/C27H25ClN2O2S/c1-19(14-15-20-8-3-2-4-9-20)29-26(31)18-30-23-12-5-6-13-24(23)33-25(27(30)32)17-21-10-7-11-22(28)16-21/h2-13,16-17,19H,14-15,18H2,1H3,(H,29,31). The molecule has 0 spiro atoms. The van der Waals surface area contributed by atoms with E-state index < -0.39 is 0 Å². The number of nitrogens with one attached hydrogen (secondary N) is 1. The number of anilines is 1. The Morgan fingerprint density at radius 2 is 1.82 bits per heavy atom. The summed E-state index contributed by atoms with van der Waals surface area (Å²) in [6.07, 6.45) is 3.54. The van der Waals surface area contributed by atoms with Crippen LogP contribution < -0.4 is 10.2 Å². The Morgan fingerprint density at radius 3 is 2.61 bits per heavy atom. The van der Waals surface area contributed by atoms with Crippen molar-refractivity contribution in [2.75, 3.05) is 11.4 Å². The fourth-order valence-electron chi connectivity index (χ4n) is 3.73. The van der Waals surface area contributed by atoms with Crippen LogP contribution in [0.2, 0.25) is 5.02 Å². The first-order valence-corrected chi connectivity index (χ1v) is 12.1. The number of nitrogens with zero attached hydrogens (tertiary/aromatic N) is 1. The Hall–Kier alpha value is -3.02. The average molecular weight is 477 g/mol. The summed E-state index contributed by atoms with van der Waals surface area (Å²) in [6.45, 7) is 1.96. The molecule has 1 unspecified atom stereocenters. The van der Waals surface area contributed by atoms with Crippen molar-refractivity contribution in [3.63, 3.8) is 0 Å². The molecule has 6 heteroatoms. The molecule has 2 amide bonds. The van der Waals surface area contributed by atoms with Gasteiger partial charge in [0.2, 0.25) is 5.91 Å². The summed E-state index contributed by atoms with van der Waals surface area (Å²) in [6, 6.07) is 25.2. The highest BCUT2D eigenvalue weighted by atomic mass is 35.5. The number of para-hydroxylation sites is 1. The van der Waals surface area contributed by atoms with E-state index in [-0.39, 0.29) is 24.4 Å². The minimum absolute atomic E-state index is 0.00342. The van der Waals surface area contributed by atoms with Gasteiger partial charge in [0.15, 0.2) is 0 Å². The van der Waals surface area contributed by atoms with Crippen LogP contribution in [0.1, 0.15) is 24.5 Å². The fourth-order valence-corrected chi connectivity index (χ4v) is 4.99. The molecule has 3 aromatic rings. The monoisotopic (exact) mass is 476 g/mol. The SMILES string of the molecule is CC(CCc1ccccc1)NC(=O)CN1C(=O)C(=Cc2cccc(Cl)c2)Sc2ccccc21. The summed E-state index contributed by atoms with van der Waals surface area (Å²) in [5.74, 6) is -0.363. The van der Waals surface area contributed by atoms with Crippen LogP contribution in [0.5, 0.6) is 0 Å². The number of halogens is 1. The average Bonchev–Trinajstić information content (AvgIpc) is 2.81. The van der Waals surface area contributed by atoms with Crippen molar-refractivity contribution in [2.24, 2.45) is 0 Å². The molecule has 0 saturated heterocycles. The van der Waals surface area contributed by atoms with E-state index in [1.165, 1.54) is 17.3 Å². The zero-order valence-electron chi connectivity index (χ0n) is 18.3. The van der Waals surface area contributed by atoms with Crippen LogP contribution in [-0.4, -0.2) is 24.4 Å². The number of carbonyl (C=O) groups is 2. The number of rotatable bonds is 7. The predicted molar refractivity (Wildman–Crippen MR) is 136 cm³/mol. The maximum atomic E-state index is 13.3. The van der Waals surface area contributed by atoms with Crippen LogP contribution in [0.3, 0.4) is 0 Å². The van der Waals surface area contributed by atoms with Crippen molar-refractivity contribution in [2.45, 2.75) is 30.7 Å². The molecule has 1 atom stereocenters. The van der Waals surface area contributed by atoms with Crippen LogP contribution in [0.25, 0.3) is 6.08 Å². The number of fused-ring (bicyclic) bond motifs is 1. The molecule has 1 aliphatic heterocycles. The van der Waals surface area contributed by atoms with E-state index in [1.54, 1.807) is 11.0 Å². The number of benzene rings is 3. The van der Waals surface area contributed by atoms with Crippen molar-refractivity contribution < 1.29 is 9.59 Å². The third-order valence-corrected chi connectivity index (χ3v) is 6.71. The number of carbonyl (C=O) groups excluding carboxylic acids is 2. The lowest BCUT2D eigenvalue weighted by Crippen LogP contribution is -2.45. The Labute approximate surface area is 203 Å². The van der Waals surface area contributed by atoms with E-state index in [1.807, 2.05) is 73.7 Å². The lowest BCUT2D eigenvalue weighted by molar-refractivity contribution is -0.122. The number of hydrogen-bond donors (Lipinski definition) is 1. The molecule has 168 valence electrons. The van der Waals surface area contributed by atoms with Crippen LogP contribution in [0.15, 0.2) is 88.7 Å². The highest BCUT2D eigenvalue weighted by Crippen LogP contribution is 2.42. The smallest absolute Gasteiger partial charge is 0.265 e. The van der Waals surface area contributed by atoms with Crippen LogP contribution in [0.4, 0.5) is 5.69 Å². The number of thioether (sulfide) groups is 1. The summed E-state index contributed by atoms with van der Waals surface area (Å²) in [7, 11) is 0. The van der Waals surface area contributed by atoms with Gasteiger partial charge in [-0.1, -0.05) is 78.0 Å². The second-order valence-corrected chi connectivity index (χ2v) is 9.54. The van der Waals surface area contributed by atoms with Crippen LogP contribution in [0, 0.1) is 0 Å². The maximum absolute atomic E-state index is 13.3. The highest BCUT2D eigenvalue weighted by Gasteiger charge is 2.30. The highest BCUT2D eigenvalue weighted by molar-refractivity contribution is 8.04. The minimum Gasteiger partial charge on any atom is -0.352 e. The zero-order valence-corrected chi connectivity index (χ0v) is 19.9. The first-order valence-electron chi connectivity index (χ1n) is 10.9. The largest absolute Gasteiger partial charge is 0.352 e. The van der Waals surface area contributed by atoms with Gasteiger partial charge in [0.25, 0.3) is 5.91 Å². The summed E-state index contributed by atoms with van der Waals surface area (Å²) in [5.41, 5.74) is 2.84. The molecule has 4 rings (SSSR count). The van der Waals surface area contributed by atoms with Crippen molar-refractivity contribution in [3.05, 3.63) is 99.9 Å². The van der Waals surface area contributed by atoms with Gasteiger partial charge in [-0.15, -0.1) is 0 Å². The van der Waals surface area contributed by atoms with E-state index in [4.69, 9.17) is 11.6 Å². The van der Waals surface area contributed by atoms with Crippen LogP contribution in [-0.2, 0) is 16.0 Å². The third kappa shape index (κ3) is 6.06. The molecule has 0 aliphatic carbocycles. The van der Waals surface area contributed by atoms with Gasteiger partial charge in [-0.05, 0) is 61.2 Å². The second kappa shape index (κ2) is 10.7. The Kier molecular flexibility index (Phi) is 7.53. The predicted octanol–water partition coefficient (Wildman–Crippen LogP) is 5.96. The van der Waals surface area contributed by atoms with Gasteiger partial charge < -0.3 is 5.32 Å². The van der Waals surface area contributed by atoms with Gasteiger partial charge in [0, 0.05) is 16.0 Å². The summed E-state index contributed by atoms with van der Waals surface area (Å²) >= 11 is 7.52. The fraction of sp³-hybridized carbons (Fsp3) is 0.185. The maximum Gasteiger partial charge on any atom is 0.265 e. The Balaban J connectivity index is 1.47. The van der Waals surface area contributed by atoms with E-state index in [0.717, 1.165) is 29.0 Å².